The van der Waals surface area contributed by atoms with Crippen LogP contribution in [0.25, 0.3) is 0 Å². The van der Waals surface area contributed by atoms with E-state index in [1.165, 1.54) is 6.07 Å². The van der Waals surface area contributed by atoms with Crippen LogP contribution < -0.4 is 10.1 Å². The fourth-order valence-electron chi connectivity index (χ4n) is 2.00. The lowest BCUT2D eigenvalue weighted by Crippen LogP contribution is -2.29. The third-order valence-electron chi connectivity index (χ3n) is 2.69. The molecule has 0 saturated heterocycles. The summed E-state index contributed by atoms with van der Waals surface area (Å²) in [5, 5.41) is 3.19. The van der Waals surface area contributed by atoms with Crippen molar-refractivity contribution in [3.63, 3.8) is 0 Å². The molecule has 5 heteroatoms. The number of hydrogen-bond donors (Lipinski definition) is 1. The van der Waals surface area contributed by atoms with Crippen LogP contribution in [0, 0.1) is 0 Å². The van der Waals surface area contributed by atoms with Gasteiger partial charge in [-0.1, -0.05) is 12.1 Å². The van der Waals surface area contributed by atoms with Crippen molar-refractivity contribution in [2.75, 3.05) is 6.54 Å². The molecule has 1 aromatic rings. The molecule has 0 fully saturated rings. The third-order valence-corrected chi connectivity index (χ3v) is 2.69. The van der Waals surface area contributed by atoms with Crippen molar-refractivity contribution in [2.24, 2.45) is 0 Å². The highest BCUT2D eigenvalue weighted by Crippen LogP contribution is 2.33. The summed E-state index contributed by atoms with van der Waals surface area (Å²) in [6.07, 6.45) is -4.06. The maximum atomic E-state index is 12.2. The highest BCUT2D eigenvalue weighted by molar-refractivity contribution is 5.43. The van der Waals surface area contributed by atoms with E-state index < -0.39 is 6.36 Å². The van der Waals surface area contributed by atoms with Gasteiger partial charge >= 0.3 is 6.36 Å². The molecule has 1 aromatic carbocycles. The number of halogens is 3. The van der Waals surface area contributed by atoms with E-state index in [4.69, 9.17) is 0 Å². The normalized spacial score (nSPS) is 20.4. The molecule has 1 aliphatic rings. The molecule has 16 heavy (non-hydrogen) atoms. The predicted octanol–water partition coefficient (Wildman–Crippen LogP) is 2.79. The van der Waals surface area contributed by atoms with Crippen LogP contribution in [0.5, 0.6) is 5.75 Å². The molecule has 1 aliphatic heterocycles. The van der Waals surface area contributed by atoms with E-state index in [0.717, 1.165) is 5.56 Å². The molecule has 0 bridgehead atoms. The summed E-state index contributed by atoms with van der Waals surface area (Å²) in [5.41, 5.74) is 1.54. The summed E-state index contributed by atoms with van der Waals surface area (Å²) < 4.78 is 40.5. The van der Waals surface area contributed by atoms with Crippen LogP contribution in [-0.4, -0.2) is 12.9 Å². The first-order valence-corrected chi connectivity index (χ1v) is 5.08. The lowest BCUT2D eigenvalue weighted by molar-refractivity contribution is -0.274. The molecule has 0 saturated carbocycles. The van der Waals surface area contributed by atoms with E-state index in [-0.39, 0.29) is 11.8 Å². The monoisotopic (exact) mass is 231 g/mol. The van der Waals surface area contributed by atoms with Gasteiger partial charge < -0.3 is 10.1 Å². The summed E-state index contributed by atoms with van der Waals surface area (Å²) in [5.74, 6) is -0.0710. The van der Waals surface area contributed by atoms with Crippen LogP contribution in [0.2, 0.25) is 0 Å². The van der Waals surface area contributed by atoms with Crippen molar-refractivity contribution >= 4 is 0 Å². The Morgan fingerprint density at radius 2 is 2.12 bits per heavy atom. The fraction of sp³-hybridized carbons (Fsp3) is 0.455. The lowest BCUT2D eigenvalue weighted by Gasteiger charge is -2.26. The molecule has 1 N–H and O–H groups in total. The van der Waals surface area contributed by atoms with Gasteiger partial charge in [-0.25, -0.2) is 0 Å². The Labute approximate surface area is 91.4 Å². The molecule has 0 spiro atoms. The van der Waals surface area contributed by atoms with Crippen molar-refractivity contribution in [1.29, 1.82) is 0 Å². The second-order valence-corrected chi connectivity index (χ2v) is 3.80. The van der Waals surface area contributed by atoms with Crippen LogP contribution in [0.3, 0.4) is 0 Å². The Hall–Kier alpha value is -1.23. The zero-order chi connectivity index (χ0) is 11.8. The van der Waals surface area contributed by atoms with Crippen LogP contribution in [0.4, 0.5) is 13.2 Å². The molecular formula is C11H12F3NO. The van der Waals surface area contributed by atoms with Gasteiger partial charge in [-0.05, 0) is 31.5 Å². The molecule has 1 heterocycles. The Morgan fingerprint density at radius 3 is 2.81 bits per heavy atom. The van der Waals surface area contributed by atoms with Gasteiger partial charge in [-0.3, -0.25) is 0 Å². The largest absolute Gasteiger partial charge is 0.573 e. The van der Waals surface area contributed by atoms with E-state index in [1.54, 1.807) is 6.07 Å². The average molecular weight is 231 g/mol. The molecule has 1 unspecified atom stereocenters. The molecule has 0 aliphatic carbocycles. The van der Waals surface area contributed by atoms with Crippen molar-refractivity contribution in [2.45, 2.75) is 25.7 Å². The van der Waals surface area contributed by atoms with Gasteiger partial charge in [0.1, 0.15) is 5.75 Å². The molecular weight excluding hydrogens is 219 g/mol. The van der Waals surface area contributed by atoms with Gasteiger partial charge in [0.25, 0.3) is 0 Å². The summed E-state index contributed by atoms with van der Waals surface area (Å²) in [6.45, 7) is 2.60. The molecule has 0 amide bonds. The number of ether oxygens (including phenoxy) is 1. The maximum Gasteiger partial charge on any atom is 0.573 e. The molecule has 1 atom stereocenters. The molecule has 2 rings (SSSR count). The van der Waals surface area contributed by atoms with Gasteiger partial charge in [0.2, 0.25) is 0 Å². The minimum Gasteiger partial charge on any atom is -0.405 e. The Balaban J connectivity index is 2.36. The lowest BCUT2D eigenvalue weighted by atomic mass is 9.94. The van der Waals surface area contributed by atoms with E-state index in [9.17, 15) is 13.2 Å². The van der Waals surface area contributed by atoms with Crippen molar-refractivity contribution in [1.82, 2.24) is 5.32 Å². The Morgan fingerprint density at radius 1 is 1.38 bits per heavy atom. The number of rotatable bonds is 1. The first-order valence-electron chi connectivity index (χ1n) is 5.08. The standard InChI is InChI=1S/C11H12F3NO/c1-7-8-3-2-4-10(16-11(12,13)14)9(8)5-6-15-7/h2-4,7,15H,5-6H2,1H3. The second-order valence-electron chi connectivity index (χ2n) is 3.80. The number of nitrogens with one attached hydrogen (secondary N) is 1. The van der Waals surface area contributed by atoms with Gasteiger partial charge in [0.15, 0.2) is 0 Å². The SMILES string of the molecule is CC1NCCc2c(OC(F)(F)F)cccc21. The second kappa shape index (κ2) is 3.97. The summed E-state index contributed by atoms with van der Waals surface area (Å²) in [4.78, 5) is 0. The Bertz CT molecular complexity index is 389. The summed E-state index contributed by atoms with van der Waals surface area (Å²) >= 11 is 0. The van der Waals surface area contributed by atoms with Crippen molar-refractivity contribution < 1.29 is 17.9 Å². The van der Waals surface area contributed by atoms with E-state index >= 15 is 0 Å². The van der Waals surface area contributed by atoms with Gasteiger partial charge in [-0.15, -0.1) is 13.2 Å². The number of fused-ring (bicyclic) bond motifs is 1. The molecule has 88 valence electrons. The fourth-order valence-corrected chi connectivity index (χ4v) is 2.00. The topological polar surface area (TPSA) is 21.3 Å². The number of alkyl halides is 3. The van der Waals surface area contributed by atoms with Gasteiger partial charge in [0, 0.05) is 11.6 Å². The first-order chi connectivity index (χ1) is 7.47. The van der Waals surface area contributed by atoms with Crippen LogP contribution >= 0.6 is 0 Å². The minimum atomic E-state index is -4.62. The summed E-state index contributed by atoms with van der Waals surface area (Å²) in [6, 6.07) is 4.85. The zero-order valence-electron chi connectivity index (χ0n) is 8.77. The van der Waals surface area contributed by atoms with Crippen LogP contribution in [0.15, 0.2) is 18.2 Å². The van der Waals surface area contributed by atoms with E-state index in [1.807, 2.05) is 13.0 Å². The van der Waals surface area contributed by atoms with Crippen molar-refractivity contribution in [3.8, 4) is 5.75 Å². The third kappa shape index (κ3) is 2.29. The van der Waals surface area contributed by atoms with Crippen molar-refractivity contribution in [3.05, 3.63) is 29.3 Å². The Kier molecular flexibility index (Phi) is 2.80. The van der Waals surface area contributed by atoms with E-state index in [2.05, 4.69) is 10.1 Å². The van der Waals surface area contributed by atoms with Gasteiger partial charge in [-0.2, -0.15) is 0 Å². The predicted molar refractivity (Wildman–Crippen MR) is 53.2 cm³/mol. The zero-order valence-corrected chi connectivity index (χ0v) is 8.77. The molecule has 2 nitrogen and oxygen atoms in total. The molecule has 0 radical (unpaired) electrons. The highest BCUT2D eigenvalue weighted by atomic mass is 19.4. The number of hydrogen-bond acceptors (Lipinski definition) is 2. The summed E-state index contributed by atoms with van der Waals surface area (Å²) in [7, 11) is 0. The van der Waals surface area contributed by atoms with E-state index in [0.29, 0.717) is 18.5 Å². The average Bonchev–Trinajstić information content (AvgIpc) is 2.17. The first kappa shape index (κ1) is 11.3. The number of benzene rings is 1. The maximum absolute atomic E-state index is 12.2. The van der Waals surface area contributed by atoms with Crippen LogP contribution in [-0.2, 0) is 6.42 Å². The highest BCUT2D eigenvalue weighted by Gasteiger charge is 2.33. The minimum absolute atomic E-state index is 0.0699. The quantitative estimate of drug-likeness (QED) is 0.802. The van der Waals surface area contributed by atoms with Gasteiger partial charge in [0.05, 0.1) is 0 Å². The molecule has 0 aromatic heterocycles. The van der Waals surface area contributed by atoms with Crippen LogP contribution in [0.1, 0.15) is 24.1 Å². The smallest absolute Gasteiger partial charge is 0.405 e.